The molecule has 7 nitrogen and oxygen atoms in total. The van der Waals surface area contributed by atoms with Gasteiger partial charge in [0.2, 0.25) is 5.91 Å². The Balaban J connectivity index is 1.37. The van der Waals surface area contributed by atoms with Crippen molar-refractivity contribution in [1.29, 1.82) is 0 Å². The van der Waals surface area contributed by atoms with E-state index >= 15 is 0 Å². The van der Waals surface area contributed by atoms with Gasteiger partial charge in [-0.15, -0.1) is 11.3 Å². The lowest BCUT2D eigenvalue weighted by Gasteiger charge is -2.19. The summed E-state index contributed by atoms with van der Waals surface area (Å²) in [7, 11) is 1.57. The molecule has 0 saturated heterocycles. The van der Waals surface area contributed by atoms with Gasteiger partial charge in [-0.3, -0.25) is 15.0 Å². The van der Waals surface area contributed by atoms with Crippen molar-refractivity contribution in [3.05, 3.63) is 95.7 Å². The Morgan fingerprint density at radius 3 is 2.60 bits per heavy atom. The minimum atomic E-state index is -0.423. The maximum atomic E-state index is 13.3. The number of nitrogens with zero attached hydrogens (tertiary/aromatic N) is 3. The number of ether oxygens (including phenoxy) is 1. The lowest BCUT2D eigenvalue weighted by Crippen LogP contribution is -2.48. The summed E-state index contributed by atoms with van der Waals surface area (Å²) < 4.78 is 7.25. The number of thiazole rings is 1. The van der Waals surface area contributed by atoms with Gasteiger partial charge < -0.3 is 4.74 Å². The third-order valence-corrected chi connectivity index (χ3v) is 7.34. The van der Waals surface area contributed by atoms with E-state index in [1.54, 1.807) is 13.2 Å². The van der Waals surface area contributed by atoms with Crippen LogP contribution >= 0.6 is 23.1 Å². The maximum absolute atomic E-state index is 13.3. The molecule has 0 radical (unpaired) electrons. The number of nitrogens with one attached hydrogen (secondary N) is 1. The average Bonchev–Trinajstić information content (AvgIpc) is 3.45. The number of hydrogen-bond donors (Lipinski definition) is 1. The molecule has 3 aromatic carbocycles. The van der Waals surface area contributed by atoms with Crippen molar-refractivity contribution in [2.24, 2.45) is 4.99 Å². The Bertz CT molecular complexity index is 1430. The largest absolute Gasteiger partial charge is 0.496 e. The molecular weight excluding hydrogens is 480 g/mol. The van der Waals surface area contributed by atoms with Gasteiger partial charge in [-0.1, -0.05) is 72.4 Å². The number of thioether (sulfide) groups is 1. The molecule has 0 atom stereocenters. The summed E-state index contributed by atoms with van der Waals surface area (Å²) >= 11 is 2.86. The van der Waals surface area contributed by atoms with Gasteiger partial charge in [0.25, 0.3) is 5.91 Å². The van der Waals surface area contributed by atoms with Crippen molar-refractivity contribution in [1.82, 2.24) is 15.4 Å². The van der Waals surface area contributed by atoms with Gasteiger partial charge in [-0.25, -0.2) is 9.98 Å². The SMILES string of the molecule is COc1ccccc1/C=C1/N=C(c2ccccc2)N(NC(=O)CSc2nc3ccccc3s2)C1=O. The number of carbonyl (C=O) groups excluding carboxylic acids is 2. The Kier molecular flexibility index (Phi) is 6.60. The first-order valence-corrected chi connectivity index (χ1v) is 12.5. The van der Waals surface area contributed by atoms with Crippen LogP contribution in [0, 0.1) is 0 Å². The summed E-state index contributed by atoms with van der Waals surface area (Å²) in [6, 6.07) is 24.5. The first kappa shape index (κ1) is 22.8. The first-order valence-electron chi connectivity index (χ1n) is 10.7. The smallest absolute Gasteiger partial charge is 0.297 e. The fourth-order valence-corrected chi connectivity index (χ4v) is 5.39. The monoisotopic (exact) mass is 500 g/mol. The number of para-hydroxylation sites is 2. The topological polar surface area (TPSA) is 83.9 Å². The highest BCUT2D eigenvalue weighted by molar-refractivity contribution is 8.01. The fourth-order valence-electron chi connectivity index (χ4n) is 3.53. The van der Waals surface area contributed by atoms with E-state index < -0.39 is 5.91 Å². The third kappa shape index (κ3) is 4.96. The van der Waals surface area contributed by atoms with Crippen LogP contribution in [0.3, 0.4) is 0 Å². The normalized spacial score (nSPS) is 14.4. The minimum absolute atomic E-state index is 0.108. The van der Waals surface area contributed by atoms with Gasteiger partial charge in [0.1, 0.15) is 11.4 Å². The van der Waals surface area contributed by atoms with Crippen molar-refractivity contribution in [2.45, 2.75) is 4.34 Å². The first-order chi connectivity index (χ1) is 17.1. The number of aliphatic imine (C=N–C) groups is 1. The maximum Gasteiger partial charge on any atom is 0.297 e. The predicted octanol–water partition coefficient (Wildman–Crippen LogP) is 4.76. The molecule has 0 aliphatic carbocycles. The summed E-state index contributed by atoms with van der Waals surface area (Å²) in [5.41, 5.74) is 5.26. The number of fused-ring (bicyclic) bond motifs is 1. The van der Waals surface area contributed by atoms with E-state index in [4.69, 9.17) is 4.74 Å². The summed E-state index contributed by atoms with van der Waals surface area (Å²) in [5, 5.41) is 1.21. The molecule has 0 saturated carbocycles. The van der Waals surface area contributed by atoms with Gasteiger partial charge >= 0.3 is 0 Å². The Labute approximate surface area is 210 Å². The van der Waals surface area contributed by atoms with Crippen LogP contribution in [0.15, 0.2) is 93.9 Å². The minimum Gasteiger partial charge on any atom is -0.496 e. The van der Waals surface area contributed by atoms with Crippen LogP contribution in [-0.2, 0) is 9.59 Å². The fraction of sp³-hybridized carbons (Fsp3) is 0.0769. The van der Waals surface area contributed by atoms with E-state index in [1.165, 1.54) is 28.1 Å². The number of hydrogen-bond acceptors (Lipinski definition) is 7. The van der Waals surface area contributed by atoms with E-state index in [1.807, 2.05) is 78.9 Å². The van der Waals surface area contributed by atoms with Crippen LogP contribution in [0.1, 0.15) is 11.1 Å². The zero-order valence-corrected chi connectivity index (χ0v) is 20.3. The number of carbonyl (C=O) groups is 2. The number of amides is 2. The number of hydrazine groups is 1. The highest BCUT2D eigenvalue weighted by Crippen LogP contribution is 2.29. The van der Waals surface area contributed by atoms with Crippen LogP contribution < -0.4 is 10.2 Å². The Hall–Kier alpha value is -3.95. The molecular formula is C26H20N4O3S2. The number of amidine groups is 1. The lowest BCUT2D eigenvalue weighted by atomic mass is 10.1. The third-order valence-electron chi connectivity index (χ3n) is 5.16. The molecule has 4 aromatic rings. The van der Waals surface area contributed by atoms with Crippen LogP contribution in [0.4, 0.5) is 0 Å². The van der Waals surface area contributed by atoms with E-state index in [-0.39, 0.29) is 17.4 Å². The van der Waals surface area contributed by atoms with Crippen LogP contribution in [0.5, 0.6) is 5.75 Å². The molecule has 174 valence electrons. The molecule has 35 heavy (non-hydrogen) atoms. The highest BCUT2D eigenvalue weighted by atomic mass is 32.2. The standard InChI is InChI=1S/C26H20N4O3S2/c1-33-21-13-7-5-11-18(21)15-20-25(32)30(24(27-20)17-9-3-2-4-10-17)29-23(31)16-34-26-28-19-12-6-8-14-22(19)35-26/h2-15H,16H2,1H3,(H,29,31)/b20-15+. The molecule has 5 rings (SSSR count). The molecule has 0 fully saturated rings. The van der Waals surface area contributed by atoms with Crippen molar-refractivity contribution in [3.63, 3.8) is 0 Å². The molecule has 1 aliphatic heterocycles. The molecule has 1 aromatic heterocycles. The van der Waals surface area contributed by atoms with E-state index in [2.05, 4.69) is 15.4 Å². The van der Waals surface area contributed by atoms with Crippen LogP contribution in [-0.4, -0.2) is 40.5 Å². The summed E-state index contributed by atoms with van der Waals surface area (Å²) in [4.78, 5) is 35.2. The van der Waals surface area contributed by atoms with Crippen molar-refractivity contribution >= 4 is 57.0 Å². The molecule has 9 heteroatoms. The molecule has 2 amide bonds. The Morgan fingerprint density at radius 1 is 1.06 bits per heavy atom. The van der Waals surface area contributed by atoms with Crippen LogP contribution in [0.2, 0.25) is 0 Å². The second-order valence-electron chi connectivity index (χ2n) is 7.48. The summed E-state index contributed by atoms with van der Waals surface area (Å²) in [5.74, 6) is 0.337. The van der Waals surface area contributed by atoms with E-state index in [0.717, 1.165) is 14.6 Å². The lowest BCUT2D eigenvalue weighted by molar-refractivity contribution is -0.132. The van der Waals surface area contributed by atoms with Crippen molar-refractivity contribution in [3.8, 4) is 5.75 Å². The number of aromatic nitrogens is 1. The number of methoxy groups -OCH3 is 1. The second kappa shape index (κ2) is 10.1. The quantitative estimate of drug-likeness (QED) is 0.292. The number of benzene rings is 3. The Morgan fingerprint density at radius 2 is 1.80 bits per heavy atom. The van der Waals surface area contributed by atoms with E-state index in [9.17, 15) is 9.59 Å². The van der Waals surface area contributed by atoms with Gasteiger partial charge in [-0.2, -0.15) is 5.01 Å². The number of rotatable bonds is 7. The molecule has 1 N–H and O–H groups in total. The zero-order valence-electron chi connectivity index (χ0n) is 18.7. The zero-order chi connectivity index (χ0) is 24.2. The molecule has 0 spiro atoms. The van der Waals surface area contributed by atoms with Gasteiger partial charge in [0.15, 0.2) is 10.2 Å². The van der Waals surface area contributed by atoms with Gasteiger partial charge in [-0.05, 0) is 24.3 Å². The predicted molar refractivity (Wildman–Crippen MR) is 139 cm³/mol. The molecule has 0 bridgehead atoms. The van der Waals surface area contributed by atoms with Gasteiger partial charge in [0.05, 0.1) is 23.1 Å². The van der Waals surface area contributed by atoms with E-state index in [0.29, 0.717) is 22.7 Å². The van der Waals surface area contributed by atoms with Crippen LogP contribution in [0.25, 0.3) is 16.3 Å². The molecule has 1 aliphatic rings. The van der Waals surface area contributed by atoms with Crippen molar-refractivity contribution < 1.29 is 14.3 Å². The second-order valence-corrected chi connectivity index (χ2v) is 9.74. The summed E-state index contributed by atoms with van der Waals surface area (Å²) in [6.45, 7) is 0. The molecule has 0 unspecified atom stereocenters. The summed E-state index contributed by atoms with van der Waals surface area (Å²) in [6.07, 6.45) is 1.66. The van der Waals surface area contributed by atoms with Crippen molar-refractivity contribution in [2.75, 3.05) is 12.9 Å². The highest BCUT2D eigenvalue weighted by Gasteiger charge is 2.33. The average molecular weight is 501 g/mol. The molecule has 2 heterocycles. The van der Waals surface area contributed by atoms with Gasteiger partial charge in [0, 0.05) is 11.1 Å².